The molecule has 2 aliphatic rings. The summed E-state index contributed by atoms with van der Waals surface area (Å²) < 4.78 is 10.9. The molecule has 0 spiro atoms. The maximum atomic E-state index is 12.5. The monoisotopic (exact) mass is 319 g/mol. The molecule has 2 heterocycles. The lowest BCUT2D eigenvalue weighted by molar-refractivity contribution is -0.147. The molecule has 2 fully saturated rings. The molecule has 0 radical (unpaired) electrons. The van der Waals surface area contributed by atoms with Gasteiger partial charge in [0.15, 0.2) is 0 Å². The van der Waals surface area contributed by atoms with E-state index in [1.54, 1.807) is 4.90 Å². The molecule has 3 unspecified atom stereocenters. The maximum absolute atomic E-state index is 12.5. The van der Waals surface area contributed by atoms with Crippen LogP contribution in [0.1, 0.15) is 18.4 Å². The van der Waals surface area contributed by atoms with Gasteiger partial charge in [-0.25, -0.2) is 4.79 Å². The molecular formula is C17H21NO5. The largest absolute Gasteiger partial charge is 0.481 e. The third-order valence-corrected chi connectivity index (χ3v) is 4.63. The second-order valence-corrected chi connectivity index (χ2v) is 6.15. The summed E-state index contributed by atoms with van der Waals surface area (Å²) in [7, 11) is 0. The van der Waals surface area contributed by atoms with E-state index in [2.05, 4.69) is 0 Å². The molecule has 3 rings (SSSR count). The van der Waals surface area contributed by atoms with Crippen LogP contribution in [0.2, 0.25) is 0 Å². The third-order valence-electron chi connectivity index (χ3n) is 4.63. The zero-order chi connectivity index (χ0) is 16.2. The van der Waals surface area contributed by atoms with Crippen molar-refractivity contribution >= 4 is 12.1 Å². The molecule has 0 bridgehead atoms. The van der Waals surface area contributed by atoms with Crippen molar-refractivity contribution in [2.24, 2.45) is 11.8 Å². The molecule has 2 saturated heterocycles. The van der Waals surface area contributed by atoms with Gasteiger partial charge < -0.3 is 19.5 Å². The summed E-state index contributed by atoms with van der Waals surface area (Å²) in [5, 5.41) is 9.32. The molecule has 1 aromatic rings. The molecule has 1 aromatic carbocycles. The Balaban J connectivity index is 1.67. The van der Waals surface area contributed by atoms with Crippen molar-refractivity contribution in [3.63, 3.8) is 0 Å². The van der Waals surface area contributed by atoms with Gasteiger partial charge in [0.25, 0.3) is 0 Å². The second kappa shape index (κ2) is 7.00. The van der Waals surface area contributed by atoms with Crippen LogP contribution in [0.25, 0.3) is 0 Å². The molecule has 124 valence electrons. The average molecular weight is 319 g/mol. The van der Waals surface area contributed by atoms with E-state index in [-0.39, 0.29) is 25.1 Å². The highest BCUT2D eigenvalue weighted by molar-refractivity contribution is 5.73. The van der Waals surface area contributed by atoms with E-state index in [1.807, 2.05) is 30.3 Å². The van der Waals surface area contributed by atoms with Gasteiger partial charge in [0.2, 0.25) is 0 Å². The third kappa shape index (κ3) is 3.64. The molecule has 1 amide bonds. The summed E-state index contributed by atoms with van der Waals surface area (Å²) >= 11 is 0. The van der Waals surface area contributed by atoms with E-state index in [4.69, 9.17) is 9.47 Å². The fourth-order valence-corrected chi connectivity index (χ4v) is 3.42. The van der Waals surface area contributed by atoms with Gasteiger partial charge in [0, 0.05) is 25.1 Å². The number of amides is 1. The summed E-state index contributed by atoms with van der Waals surface area (Å²) in [4.78, 5) is 25.4. The number of nitrogens with zero attached hydrogens (tertiary/aromatic N) is 1. The highest BCUT2D eigenvalue weighted by Crippen LogP contribution is 2.33. The van der Waals surface area contributed by atoms with Crippen molar-refractivity contribution in [1.29, 1.82) is 0 Å². The molecule has 0 aliphatic carbocycles. The number of ether oxygens (including phenoxy) is 2. The Morgan fingerprint density at radius 1 is 1.30 bits per heavy atom. The number of carboxylic acids is 1. The van der Waals surface area contributed by atoms with Gasteiger partial charge in [0.05, 0.1) is 12.5 Å². The number of hydrogen-bond donors (Lipinski definition) is 1. The van der Waals surface area contributed by atoms with Gasteiger partial charge in [-0.05, 0) is 18.4 Å². The number of fused-ring (bicyclic) bond motifs is 1. The topological polar surface area (TPSA) is 76.1 Å². The van der Waals surface area contributed by atoms with Gasteiger partial charge in [-0.2, -0.15) is 0 Å². The molecule has 0 aromatic heterocycles. The van der Waals surface area contributed by atoms with Gasteiger partial charge in [-0.1, -0.05) is 30.3 Å². The molecule has 6 heteroatoms. The van der Waals surface area contributed by atoms with Crippen LogP contribution < -0.4 is 0 Å². The minimum absolute atomic E-state index is 0.0163. The summed E-state index contributed by atoms with van der Waals surface area (Å²) in [6.45, 7) is 1.52. The number of aliphatic carboxylic acids is 1. The number of carboxylic acid groups (broad SMARTS) is 1. The first-order valence-electron chi connectivity index (χ1n) is 7.93. The van der Waals surface area contributed by atoms with Gasteiger partial charge in [0.1, 0.15) is 6.61 Å². The first kappa shape index (κ1) is 15.8. The van der Waals surface area contributed by atoms with Crippen LogP contribution in [0.5, 0.6) is 0 Å². The van der Waals surface area contributed by atoms with Crippen LogP contribution in [0.3, 0.4) is 0 Å². The quantitative estimate of drug-likeness (QED) is 0.923. The summed E-state index contributed by atoms with van der Waals surface area (Å²) in [5.41, 5.74) is 0.913. The van der Waals surface area contributed by atoms with Crippen molar-refractivity contribution in [1.82, 2.24) is 4.90 Å². The summed E-state index contributed by atoms with van der Waals surface area (Å²) in [6, 6.07) is 9.47. The summed E-state index contributed by atoms with van der Waals surface area (Å²) in [6.07, 6.45) is 0.858. The Labute approximate surface area is 135 Å². The van der Waals surface area contributed by atoms with E-state index in [9.17, 15) is 14.7 Å². The fourth-order valence-electron chi connectivity index (χ4n) is 3.42. The van der Waals surface area contributed by atoms with Crippen molar-refractivity contribution in [3.8, 4) is 0 Å². The first-order valence-corrected chi connectivity index (χ1v) is 7.93. The molecule has 0 saturated carbocycles. The Kier molecular flexibility index (Phi) is 4.81. The van der Waals surface area contributed by atoms with E-state index in [0.29, 0.717) is 19.6 Å². The van der Waals surface area contributed by atoms with Gasteiger partial charge in [-0.3, -0.25) is 4.79 Å². The van der Waals surface area contributed by atoms with Crippen LogP contribution >= 0.6 is 0 Å². The second-order valence-electron chi connectivity index (χ2n) is 6.15. The number of carbonyl (C=O) groups is 2. The summed E-state index contributed by atoms with van der Waals surface area (Å²) in [5.74, 6) is -1.35. The van der Waals surface area contributed by atoms with Crippen molar-refractivity contribution in [2.75, 3.05) is 19.8 Å². The van der Waals surface area contributed by atoms with Crippen LogP contribution in [0, 0.1) is 11.8 Å². The number of rotatable bonds is 3. The normalized spacial score (nSPS) is 27.1. The highest BCUT2D eigenvalue weighted by atomic mass is 16.6. The lowest BCUT2D eigenvalue weighted by Gasteiger charge is -2.45. The first-order chi connectivity index (χ1) is 11.1. The Bertz CT molecular complexity index is 561. The Morgan fingerprint density at radius 3 is 2.83 bits per heavy atom. The Hall–Kier alpha value is -2.08. The predicted molar refractivity (Wildman–Crippen MR) is 81.8 cm³/mol. The number of benzene rings is 1. The van der Waals surface area contributed by atoms with Crippen LogP contribution in [0.4, 0.5) is 4.79 Å². The van der Waals surface area contributed by atoms with E-state index in [1.165, 1.54) is 0 Å². The minimum Gasteiger partial charge on any atom is -0.481 e. The minimum atomic E-state index is -0.866. The molecule has 6 nitrogen and oxygen atoms in total. The Morgan fingerprint density at radius 2 is 2.09 bits per heavy atom. The van der Waals surface area contributed by atoms with E-state index in [0.717, 1.165) is 12.0 Å². The standard InChI is InChI=1S/C17H21NO5/c19-16(20)13-8-14-11-22-7-6-15(14)18(9-13)17(21)23-10-12-4-2-1-3-5-12/h1-5,13-15H,6-11H2,(H,19,20). The number of piperidine rings is 1. The van der Waals surface area contributed by atoms with E-state index < -0.39 is 18.0 Å². The molecule has 2 aliphatic heterocycles. The highest BCUT2D eigenvalue weighted by Gasteiger charge is 2.43. The maximum Gasteiger partial charge on any atom is 0.410 e. The lowest BCUT2D eigenvalue weighted by Crippen LogP contribution is -2.56. The zero-order valence-electron chi connectivity index (χ0n) is 12.9. The van der Waals surface area contributed by atoms with Crippen LogP contribution in [-0.2, 0) is 20.9 Å². The number of carbonyl (C=O) groups excluding carboxylic acids is 1. The fraction of sp³-hybridized carbons (Fsp3) is 0.529. The SMILES string of the molecule is O=C(O)C1CC2COCCC2N(C(=O)OCc2ccccc2)C1. The van der Waals surface area contributed by atoms with Crippen LogP contribution in [0.15, 0.2) is 30.3 Å². The average Bonchev–Trinajstić information content (AvgIpc) is 2.59. The van der Waals surface area contributed by atoms with Crippen molar-refractivity contribution in [2.45, 2.75) is 25.5 Å². The van der Waals surface area contributed by atoms with Gasteiger partial charge >= 0.3 is 12.1 Å². The molecule has 23 heavy (non-hydrogen) atoms. The number of likely N-dealkylation sites (tertiary alicyclic amines) is 1. The molecule has 3 atom stereocenters. The lowest BCUT2D eigenvalue weighted by atomic mass is 9.81. The number of hydrogen-bond acceptors (Lipinski definition) is 4. The smallest absolute Gasteiger partial charge is 0.410 e. The molecule has 1 N–H and O–H groups in total. The molecular weight excluding hydrogens is 298 g/mol. The van der Waals surface area contributed by atoms with Crippen molar-refractivity contribution < 1.29 is 24.2 Å². The van der Waals surface area contributed by atoms with Crippen LogP contribution in [-0.4, -0.2) is 47.9 Å². The van der Waals surface area contributed by atoms with Gasteiger partial charge in [-0.15, -0.1) is 0 Å². The van der Waals surface area contributed by atoms with Crippen molar-refractivity contribution in [3.05, 3.63) is 35.9 Å². The van der Waals surface area contributed by atoms with E-state index >= 15 is 0 Å². The predicted octanol–water partition coefficient (Wildman–Crippen LogP) is 2.13. The zero-order valence-corrected chi connectivity index (χ0v) is 12.9.